The van der Waals surface area contributed by atoms with Crippen LogP contribution < -0.4 is 10.2 Å². The van der Waals surface area contributed by atoms with Gasteiger partial charge in [-0.1, -0.05) is 0 Å². The molecule has 1 aliphatic rings. The van der Waals surface area contributed by atoms with E-state index >= 15 is 0 Å². The minimum atomic E-state index is 0.876. The highest BCUT2D eigenvalue weighted by Crippen LogP contribution is 2.14. The molecule has 82 valence electrons. The fourth-order valence-corrected chi connectivity index (χ4v) is 1.88. The summed E-state index contributed by atoms with van der Waals surface area (Å²) in [6, 6.07) is 0. The van der Waals surface area contributed by atoms with Crippen molar-refractivity contribution in [1.29, 1.82) is 0 Å². The molecule has 0 saturated heterocycles. The molecule has 0 saturated carbocycles. The second-order valence-corrected chi connectivity index (χ2v) is 3.74. The molecule has 0 aliphatic carbocycles. The number of aromatic nitrogens is 2. The van der Waals surface area contributed by atoms with Gasteiger partial charge >= 0.3 is 0 Å². The molecule has 0 unspecified atom stereocenters. The van der Waals surface area contributed by atoms with E-state index in [1.54, 1.807) is 0 Å². The molecule has 0 atom stereocenters. The topological polar surface area (TPSA) is 41.1 Å². The average Bonchev–Trinajstić information content (AvgIpc) is 2.30. The van der Waals surface area contributed by atoms with Gasteiger partial charge in [-0.2, -0.15) is 0 Å². The number of nitrogens with one attached hydrogen (secondary N) is 1. The summed E-state index contributed by atoms with van der Waals surface area (Å²) >= 11 is 0. The van der Waals surface area contributed by atoms with E-state index < -0.39 is 0 Å². The lowest BCUT2D eigenvalue weighted by atomic mass is 10.1. The van der Waals surface area contributed by atoms with Gasteiger partial charge in [-0.05, 0) is 13.8 Å². The highest BCUT2D eigenvalue weighted by molar-refractivity contribution is 5.33. The molecule has 1 aromatic rings. The maximum Gasteiger partial charge on any atom is 0.225 e. The monoisotopic (exact) mass is 206 g/mol. The molecule has 15 heavy (non-hydrogen) atoms. The van der Waals surface area contributed by atoms with Crippen molar-refractivity contribution in [2.75, 3.05) is 24.5 Å². The Morgan fingerprint density at radius 2 is 2.20 bits per heavy atom. The lowest BCUT2D eigenvalue weighted by Gasteiger charge is -2.21. The van der Waals surface area contributed by atoms with Crippen LogP contribution in [0.3, 0.4) is 0 Å². The largest absolute Gasteiger partial charge is 0.341 e. The van der Waals surface area contributed by atoms with Crippen molar-refractivity contribution in [2.45, 2.75) is 26.8 Å². The van der Waals surface area contributed by atoms with E-state index in [1.807, 2.05) is 6.20 Å². The molecule has 2 heterocycles. The van der Waals surface area contributed by atoms with E-state index in [4.69, 9.17) is 0 Å². The molecule has 1 aliphatic heterocycles. The van der Waals surface area contributed by atoms with Crippen LogP contribution in [-0.2, 0) is 13.0 Å². The van der Waals surface area contributed by atoms with Crippen LogP contribution in [0.1, 0.15) is 25.1 Å². The number of fused-ring (bicyclic) bond motifs is 1. The summed E-state index contributed by atoms with van der Waals surface area (Å²) in [5, 5.41) is 3.32. The van der Waals surface area contributed by atoms with Crippen LogP contribution in [0.4, 0.5) is 5.95 Å². The average molecular weight is 206 g/mol. The van der Waals surface area contributed by atoms with Crippen LogP contribution in [0.25, 0.3) is 0 Å². The molecule has 0 bridgehead atoms. The maximum atomic E-state index is 4.63. The predicted molar refractivity (Wildman–Crippen MR) is 61.0 cm³/mol. The summed E-state index contributed by atoms with van der Waals surface area (Å²) in [4.78, 5) is 11.2. The summed E-state index contributed by atoms with van der Waals surface area (Å²) in [7, 11) is 0. The molecule has 0 amide bonds. The number of nitrogens with zero attached hydrogens (tertiary/aromatic N) is 3. The van der Waals surface area contributed by atoms with Gasteiger partial charge in [0.25, 0.3) is 0 Å². The Labute approximate surface area is 90.7 Å². The van der Waals surface area contributed by atoms with E-state index in [9.17, 15) is 0 Å². The second kappa shape index (κ2) is 4.57. The second-order valence-electron chi connectivity index (χ2n) is 3.74. The zero-order chi connectivity index (χ0) is 10.7. The lowest BCUT2D eigenvalue weighted by Crippen LogP contribution is -2.28. The summed E-state index contributed by atoms with van der Waals surface area (Å²) in [5.41, 5.74) is 2.46. The first-order chi connectivity index (χ1) is 7.35. The van der Waals surface area contributed by atoms with E-state index in [1.165, 1.54) is 11.3 Å². The first-order valence-electron chi connectivity index (χ1n) is 5.65. The minimum absolute atomic E-state index is 0.876. The maximum absolute atomic E-state index is 4.63. The SMILES string of the molecule is CCN(CC)c1ncc2c(n1)CCNC2. The fourth-order valence-electron chi connectivity index (χ4n) is 1.88. The van der Waals surface area contributed by atoms with Crippen LogP contribution in [0.5, 0.6) is 0 Å². The van der Waals surface area contributed by atoms with Crippen molar-refractivity contribution in [2.24, 2.45) is 0 Å². The zero-order valence-corrected chi connectivity index (χ0v) is 9.45. The molecule has 4 heteroatoms. The number of anilines is 1. The van der Waals surface area contributed by atoms with Gasteiger partial charge in [-0.3, -0.25) is 0 Å². The van der Waals surface area contributed by atoms with Crippen molar-refractivity contribution in [1.82, 2.24) is 15.3 Å². The van der Waals surface area contributed by atoms with Crippen molar-refractivity contribution in [3.05, 3.63) is 17.5 Å². The molecule has 4 nitrogen and oxygen atoms in total. The van der Waals surface area contributed by atoms with Gasteiger partial charge in [0, 0.05) is 44.4 Å². The molecular weight excluding hydrogens is 188 g/mol. The quantitative estimate of drug-likeness (QED) is 0.800. The van der Waals surface area contributed by atoms with Crippen molar-refractivity contribution in [3.8, 4) is 0 Å². The highest BCUT2D eigenvalue weighted by atomic mass is 15.2. The van der Waals surface area contributed by atoms with Crippen molar-refractivity contribution < 1.29 is 0 Å². The minimum Gasteiger partial charge on any atom is -0.341 e. The van der Waals surface area contributed by atoms with Gasteiger partial charge in [0.15, 0.2) is 0 Å². The smallest absolute Gasteiger partial charge is 0.225 e. The Morgan fingerprint density at radius 3 is 2.93 bits per heavy atom. The first-order valence-corrected chi connectivity index (χ1v) is 5.65. The van der Waals surface area contributed by atoms with E-state index in [-0.39, 0.29) is 0 Å². The number of hydrogen-bond donors (Lipinski definition) is 1. The highest BCUT2D eigenvalue weighted by Gasteiger charge is 2.13. The molecular formula is C11H18N4. The third-order valence-electron chi connectivity index (χ3n) is 2.84. The van der Waals surface area contributed by atoms with E-state index in [0.29, 0.717) is 0 Å². The van der Waals surface area contributed by atoms with Crippen molar-refractivity contribution >= 4 is 5.95 Å². The molecule has 0 aromatic carbocycles. The molecule has 0 fully saturated rings. The van der Waals surface area contributed by atoms with Crippen molar-refractivity contribution in [3.63, 3.8) is 0 Å². The Morgan fingerprint density at radius 1 is 1.40 bits per heavy atom. The predicted octanol–water partition coefficient (Wildman–Crippen LogP) is 0.968. The third-order valence-corrected chi connectivity index (χ3v) is 2.84. The molecule has 1 N–H and O–H groups in total. The van der Waals surface area contributed by atoms with Gasteiger partial charge in [0.1, 0.15) is 0 Å². The van der Waals surface area contributed by atoms with Crippen LogP contribution in [0.2, 0.25) is 0 Å². The lowest BCUT2D eigenvalue weighted by molar-refractivity contribution is 0.623. The van der Waals surface area contributed by atoms with Gasteiger partial charge in [0.2, 0.25) is 5.95 Å². The van der Waals surface area contributed by atoms with Gasteiger partial charge < -0.3 is 10.2 Å². The Hall–Kier alpha value is -1.16. The summed E-state index contributed by atoms with van der Waals surface area (Å²) in [6.45, 7) is 8.14. The van der Waals surface area contributed by atoms with Crippen LogP contribution in [0.15, 0.2) is 6.20 Å². The zero-order valence-electron chi connectivity index (χ0n) is 9.45. The Balaban J connectivity index is 2.27. The summed E-state index contributed by atoms with van der Waals surface area (Å²) in [6.07, 6.45) is 2.98. The Kier molecular flexibility index (Phi) is 3.16. The molecule has 2 rings (SSSR count). The fraction of sp³-hybridized carbons (Fsp3) is 0.636. The van der Waals surface area contributed by atoms with Crippen LogP contribution in [0, 0.1) is 0 Å². The molecule has 0 spiro atoms. The standard InChI is InChI=1S/C11H18N4/c1-3-15(4-2)11-13-8-9-7-12-6-5-10(9)14-11/h8,12H,3-7H2,1-2H3. The molecule has 1 aromatic heterocycles. The van der Waals surface area contributed by atoms with Crippen LogP contribution >= 0.6 is 0 Å². The third kappa shape index (κ3) is 2.09. The van der Waals surface area contributed by atoms with Gasteiger partial charge in [-0.25, -0.2) is 9.97 Å². The number of rotatable bonds is 3. The first kappa shape index (κ1) is 10.4. The van der Waals surface area contributed by atoms with Gasteiger partial charge in [-0.15, -0.1) is 0 Å². The summed E-state index contributed by atoms with van der Waals surface area (Å²) < 4.78 is 0. The van der Waals surface area contributed by atoms with Gasteiger partial charge in [0.05, 0.1) is 5.69 Å². The van der Waals surface area contributed by atoms with E-state index in [0.717, 1.165) is 38.5 Å². The number of hydrogen-bond acceptors (Lipinski definition) is 4. The Bertz CT molecular complexity index is 333. The van der Waals surface area contributed by atoms with E-state index in [2.05, 4.69) is 34.0 Å². The normalized spacial score (nSPS) is 14.8. The van der Waals surface area contributed by atoms with Crippen LogP contribution in [-0.4, -0.2) is 29.6 Å². The molecule has 0 radical (unpaired) electrons. The summed E-state index contributed by atoms with van der Waals surface area (Å²) in [5.74, 6) is 0.876.